The second-order valence-electron chi connectivity index (χ2n) is 6.19. The number of amides is 2. The molecule has 0 atom stereocenters. The standard InChI is InChI=1S/C20H19BrN4O3/c21-15-6-7-17-16(10-15)20(28)25(13-24-17)9-8-18(26)23-12-19(27)22-11-14-4-2-1-3-5-14/h1-7,10,13H,8-9,11-12H2,(H,22,27)(H,23,26). The molecule has 2 aromatic carbocycles. The molecule has 2 N–H and O–H groups in total. The fourth-order valence-electron chi connectivity index (χ4n) is 2.64. The first kappa shape index (κ1) is 19.8. The van der Waals surface area contributed by atoms with Crippen LogP contribution in [-0.2, 0) is 22.7 Å². The number of hydrogen-bond acceptors (Lipinski definition) is 4. The Labute approximate surface area is 169 Å². The van der Waals surface area contributed by atoms with E-state index in [2.05, 4.69) is 31.5 Å². The Morgan fingerprint density at radius 3 is 2.61 bits per heavy atom. The molecule has 0 aliphatic heterocycles. The van der Waals surface area contributed by atoms with Gasteiger partial charge >= 0.3 is 0 Å². The summed E-state index contributed by atoms with van der Waals surface area (Å²) >= 11 is 3.34. The molecule has 28 heavy (non-hydrogen) atoms. The highest BCUT2D eigenvalue weighted by Crippen LogP contribution is 2.14. The van der Waals surface area contributed by atoms with Gasteiger partial charge in [0.1, 0.15) is 0 Å². The van der Waals surface area contributed by atoms with E-state index in [4.69, 9.17) is 0 Å². The van der Waals surface area contributed by atoms with Crippen LogP contribution in [0.4, 0.5) is 0 Å². The maximum absolute atomic E-state index is 12.5. The number of carbonyl (C=O) groups excluding carboxylic acids is 2. The summed E-state index contributed by atoms with van der Waals surface area (Å²) in [5.74, 6) is -0.581. The number of aromatic nitrogens is 2. The molecule has 3 aromatic rings. The lowest BCUT2D eigenvalue weighted by molar-refractivity contribution is -0.126. The van der Waals surface area contributed by atoms with Crippen LogP contribution in [0, 0.1) is 0 Å². The highest BCUT2D eigenvalue weighted by Gasteiger charge is 2.09. The van der Waals surface area contributed by atoms with E-state index >= 15 is 0 Å². The van der Waals surface area contributed by atoms with Gasteiger partial charge in [0, 0.05) is 24.0 Å². The van der Waals surface area contributed by atoms with Crippen LogP contribution in [0.2, 0.25) is 0 Å². The van der Waals surface area contributed by atoms with Crippen LogP contribution in [0.25, 0.3) is 10.9 Å². The predicted octanol–water partition coefficient (Wildman–Crippen LogP) is 1.98. The lowest BCUT2D eigenvalue weighted by atomic mass is 10.2. The van der Waals surface area contributed by atoms with E-state index < -0.39 is 0 Å². The van der Waals surface area contributed by atoms with Crippen molar-refractivity contribution in [2.75, 3.05) is 6.54 Å². The molecule has 0 aliphatic rings. The molecule has 7 nitrogen and oxygen atoms in total. The van der Waals surface area contributed by atoms with Gasteiger partial charge in [0.05, 0.1) is 23.8 Å². The van der Waals surface area contributed by atoms with Crippen molar-refractivity contribution in [3.63, 3.8) is 0 Å². The molecule has 3 rings (SSSR count). The monoisotopic (exact) mass is 442 g/mol. The first-order chi connectivity index (χ1) is 13.5. The van der Waals surface area contributed by atoms with Crippen molar-refractivity contribution in [2.45, 2.75) is 19.5 Å². The Hall–Kier alpha value is -3.00. The highest BCUT2D eigenvalue weighted by atomic mass is 79.9. The van der Waals surface area contributed by atoms with Gasteiger partial charge in [0.2, 0.25) is 11.8 Å². The first-order valence-electron chi connectivity index (χ1n) is 8.75. The Bertz CT molecular complexity index is 1050. The molecule has 2 amide bonds. The van der Waals surface area contributed by atoms with E-state index in [1.54, 1.807) is 12.1 Å². The molecule has 0 fully saturated rings. The number of aryl methyl sites for hydroxylation is 1. The summed E-state index contributed by atoms with van der Waals surface area (Å²) in [4.78, 5) is 40.5. The molecule has 1 heterocycles. The Morgan fingerprint density at radius 2 is 1.82 bits per heavy atom. The average Bonchev–Trinajstić information content (AvgIpc) is 2.71. The van der Waals surface area contributed by atoms with E-state index in [9.17, 15) is 14.4 Å². The van der Waals surface area contributed by atoms with Crippen molar-refractivity contribution < 1.29 is 9.59 Å². The molecule has 0 radical (unpaired) electrons. The fourth-order valence-corrected chi connectivity index (χ4v) is 3.00. The lowest BCUT2D eigenvalue weighted by Gasteiger charge is -2.09. The zero-order valence-corrected chi connectivity index (χ0v) is 16.6. The zero-order chi connectivity index (χ0) is 19.9. The average molecular weight is 443 g/mol. The lowest BCUT2D eigenvalue weighted by Crippen LogP contribution is -2.37. The third-order valence-electron chi connectivity index (χ3n) is 4.14. The Balaban J connectivity index is 1.48. The van der Waals surface area contributed by atoms with Crippen molar-refractivity contribution in [3.8, 4) is 0 Å². The van der Waals surface area contributed by atoms with Crippen LogP contribution >= 0.6 is 15.9 Å². The van der Waals surface area contributed by atoms with Crippen LogP contribution in [-0.4, -0.2) is 27.9 Å². The Kier molecular flexibility index (Phi) is 6.54. The van der Waals surface area contributed by atoms with Crippen molar-refractivity contribution in [1.29, 1.82) is 0 Å². The maximum atomic E-state index is 12.5. The van der Waals surface area contributed by atoms with E-state index in [-0.39, 0.29) is 36.9 Å². The van der Waals surface area contributed by atoms with Crippen LogP contribution < -0.4 is 16.2 Å². The van der Waals surface area contributed by atoms with Gasteiger partial charge in [-0.2, -0.15) is 0 Å². The van der Waals surface area contributed by atoms with E-state index in [1.807, 2.05) is 36.4 Å². The van der Waals surface area contributed by atoms with Gasteiger partial charge < -0.3 is 10.6 Å². The van der Waals surface area contributed by atoms with Gasteiger partial charge in [-0.1, -0.05) is 46.3 Å². The van der Waals surface area contributed by atoms with Gasteiger partial charge in [0.15, 0.2) is 0 Å². The molecule has 1 aromatic heterocycles. The maximum Gasteiger partial charge on any atom is 0.261 e. The quantitative estimate of drug-likeness (QED) is 0.584. The molecule has 0 spiro atoms. The number of rotatable bonds is 7. The molecule has 0 bridgehead atoms. The highest BCUT2D eigenvalue weighted by molar-refractivity contribution is 9.10. The van der Waals surface area contributed by atoms with Crippen LogP contribution in [0.3, 0.4) is 0 Å². The van der Waals surface area contributed by atoms with E-state index in [0.717, 1.165) is 10.0 Å². The SMILES string of the molecule is O=C(CCn1cnc2ccc(Br)cc2c1=O)NCC(=O)NCc1ccccc1. The summed E-state index contributed by atoms with van der Waals surface area (Å²) in [5, 5.41) is 5.78. The number of halogens is 1. The van der Waals surface area contributed by atoms with Crippen molar-refractivity contribution in [2.24, 2.45) is 0 Å². The van der Waals surface area contributed by atoms with Gasteiger partial charge in [-0.3, -0.25) is 19.0 Å². The van der Waals surface area contributed by atoms with E-state index in [0.29, 0.717) is 17.4 Å². The normalized spacial score (nSPS) is 10.6. The van der Waals surface area contributed by atoms with Gasteiger partial charge in [-0.05, 0) is 23.8 Å². The predicted molar refractivity (Wildman–Crippen MR) is 110 cm³/mol. The summed E-state index contributed by atoms with van der Waals surface area (Å²) in [6.07, 6.45) is 1.51. The van der Waals surface area contributed by atoms with Crippen molar-refractivity contribution in [1.82, 2.24) is 20.2 Å². The second kappa shape index (κ2) is 9.27. The zero-order valence-electron chi connectivity index (χ0n) is 15.0. The minimum atomic E-state index is -0.309. The summed E-state index contributed by atoms with van der Waals surface area (Å²) in [5.41, 5.74) is 1.38. The molecule has 0 saturated carbocycles. The van der Waals surface area contributed by atoms with Crippen LogP contribution in [0.5, 0.6) is 0 Å². The van der Waals surface area contributed by atoms with Crippen LogP contribution in [0.15, 0.2) is 64.1 Å². The number of fused-ring (bicyclic) bond motifs is 1. The van der Waals surface area contributed by atoms with Gasteiger partial charge in [0.25, 0.3) is 5.56 Å². The number of carbonyl (C=O) groups is 2. The molecule has 0 unspecified atom stereocenters. The molecule has 0 saturated heterocycles. The topological polar surface area (TPSA) is 93.1 Å². The fraction of sp³-hybridized carbons (Fsp3) is 0.200. The largest absolute Gasteiger partial charge is 0.350 e. The Morgan fingerprint density at radius 1 is 1.04 bits per heavy atom. The minimum absolute atomic E-state index is 0.0765. The minimum Gasteiger partial charge on any atom is -0.350 e. The molecule has 144 valence electrons. The third-order valence-corrected chi connectivity index (χ3v) is 4.64. The second-order valence-corrected chi connectivity index (χ2v) is 7.11. The molecular weight excluding hydrogens is 424 g/mol. The van der Waals surface area contributed by atoms with E-state index in [1.165, 1.54) is 10.9 Å². The van der Waals surface area contributed by atoms with Gasteiger partial charge in [-0.25, -0.2) is 4.98 Å². The number of nitrogens with one attached hydrogen (secondary N) is 2. The van der Waals surface area contributed by atoms with Crippen molar-refractivity contribution >= 4 is 38.6 Å². The van der Waals surface area contributed by atoms with Gasteiger partial charge in [-0.15, -0.1) is 0 Å². The number of hydrogen-bond donors (Lipinski definition) is 2. The first-order valence-corrected chi connectivity index (χ1v) is 9.54. The molecule has 8 heteroatoms. The number of nitrogens with zero attached hydrogens (tertiary/aromatic N) is 2. The number of benzene rings is 2. The summed E-state index contributed by atoms with van der Waals surface area (Å²) in [6.45, 7) is 0.485. The summed E-state index contributed by atoms with van der Waals surface area (Å²) in [7, 11) is 0. The third kappa shape index (κ3) is 5.26. The summed E-state index contributed by atoms with van der Waals surface area (Å²) < 4.78 is 2.18. The molecule has 0 aliphatic carbocycles. The molecular formula is C20H19BrN4O3. The summed E-state index contributed by atoms with van der Waals surface area (Å²) in [6, 6.07) is 14.8. The van der Waals surface area contributed by atoms with Crippen LogP contribution in [0.1, 0.15) is 12.0 Å². The smallest absolute Gasteiger partial charge is 0.261 e. The van der Waals surface area contributed by atoms with Crippen molar-refractivity contribution in [3.05, 3.63) is 75.2 Å².